The number of hydrogen-bond donors (Lipinski definition) is 2. The topological polar surface area (TPSA) is 62.5 Å². The van der Waals surface area contributed by atoms with Crippen LogP contribution in [0.3, 0.4) is 0 Å². The summed E-state index contributed by atoms with van der Waals surface area (Å²) in [4.78, 5) is 12.2. The van der Waals surface area contributed by atoms with E-state index < -0.39 is 5.60 Å². The highest BCUT2D eigenvalue weighted by Gasteiger charge is 2.26. The van der Waals surface area contributed by atoms with E-state index in [2.05, 4.69) is 10.7 Å². The van der Waals surface area contributed by atoms with Crippen LogP contribution in [0, 0.1) is 0 Å². The summed E-state index contributed by atoms with van der Waals surface area (Å²) in [5.41, 5.74) is 1.53. The van der Waals surface area contributed by atoms with Crippen molar-refractivity contribution in [2.75, 3.05) is 6.54 Å². The van der Waals surface area contributed by atoms with Crippen molar-refractivity contribution in [2.45, 2.75) is 12.5 Å². The summed E-state index contributed by atoms with van der Waals surface area (Å²) in [6.45, 7) is 1.68. The number of aliphatic hydroxyl groups is 1. The number of rotatable bonds is 5. The van der Waals surface area contributed by atoms with Crippen LogP contribution < -0.4 is 5.32 Å². The lowest BCUT2D eigenvalue weighted by molar-refractivity contribution is 0.0330. The van der Waals surface area contributed by atoms with Gasteiger partial charge in [-0.05, 0) is 59.1 Å². The molecule has 0 radical (unpaired) electrons. The summed E-state index contributed by atoms with van der Waals surface area (Å²) in [7, 11) is 0. The lowest BCUT2D eigenvalue weighted by atomic mass is 10.0. The molecule has 23 heavy (non-hydrogen) atoms. The first-order valence-electron chi connectivity index (χ1n) is 7.23. The molecule has 2 aromatic heterocycles. The Bertz CT molecular complexity index is 759. The van der Waals surface area contributed by atoms with Gasteiger partial charge in [0.15, 0.2) is 0 Å². The van der Waals surface area contributed by atoms with Crippen molar-refractivity contribution >= 4 is 17.2 Å². The fourth-order valence-corrected chi connectivity index (χ4v) is 2.93. The van der Waals surface area contributed by atoms with Crippen LogP contribution in [0.15, 0.2) is 63.9 Å². The lowest BCUT2D eigenvalue weighted by Gasteiger charge is -2.21. The smallest absolute Gasteiger partial charge is 0.251 e. The molecule has 4 nitrogen and oxygen atoms in total. The van der Waals surface area contributed by atoms with Crippen LogP contribution in [0.4, 0.5) is 0 Å². The third-order valence-corrected chi connectivity index (χ3v) is 4.33. The van der Waals surface area contributed by atoms with E-state index in [1.807, 2.05) is 23.6 Å². The number of hydrogen-bond acceptors (Lipinski definition) is 4. The first-order chi connectivity index (χ1) is 11.1. The molecule has 118 valence electrons. The second-order valence-corrected chi connectivity index (χ2v) is 6.30. The molecule has 5 heteroatoms. The molecular formula is C18H17NO3S. The Kier molecular flexibility index (Phi) is 4.32. The molecule has 0 unspecified atom stereocenters. The van der Waals surface area contributed by atoms with Crippen LogP contribution in [0.5, 0.6) is 0 Å². The minimum absolute atomic E-state index is 0.0750. The third kappa shape index (κ3) is 3.52. The number of furan rings is 1. The van der Waals surface area contributed by atoms with Gasteiger partial charge in [-0.15, -0.1) is 0 Å². The molecule has 0 aliphatic carbocycles. The first-order valence-corrected chi connectivity index (χ1v) is 8.18. The van der Waals surface area contributed by atoms with E-state index in [0.29, 0.717) is 11.3 Å². The van der Waals surface area contributed by atoms with E-state index >= 15 is 0 Å². The van der Waals surface area contributed by atoms with Crippen LogP contribution >= 0.6 is 11.3 Å². The van der Waals surface area contributed by atoms with Crippen molar-refractivity contribution in [1.82, 2.24) is 5.32 Å². The van der Waals surface area contributed by atoms with Gasteiger partial charge in [0.25, 0.3) is 5.91 Å². The van der Waals surface area contributed by atoms with Crippen LogP contribution in [0.2, 0.25) is 0 Å². The minimum atomic E-state index is -1.24. The fraction of sp³-hybridized carbons (Fsp3) is 0.167. The van der Waals surface area contributed by atoms with E-state index in [9.17, 15) is 9.90 Å². The summed E-state index contributed by atoms with van der Waals surface area (Å²) in [5.74, 6) is 0.194. The highest BCUT2D eigenvalue weighted by Crippen LogP contribution is 2.23. The Hall–Kier alpha value is -2.37. The molecule has 3 aromatic rings. The maximum absolute atomic E-state index is 12.2. The predicted molar refractivity (Wildman–Crippen MR) is 90.4 cm³/mol. The number of nitrogens with one attached hydrogen (secondary N) is 1. The zero-order valence-electron chi connectivity index (χ0n) is 12.7. The maximum atomic E-state index is 12.2. The van der Waals surface area contributed by atoms with Gasteiger partial charge in [0, 0.05) is 5.56 Å². The van der Waals surface area contributed by atoms with Gasteiger partial charge in [0.2, 0.25) is 0 Å². The van der Waals surface area contributed by atoms with Crippen molar-refractivity contribution < 1.29 is 14.3 Å². The number of benzene rings is 1. The second kappa shape index (κ2) is 6.40. The van der Waals surface area contributed by atoms with Gasteiger partial charge in [0.1, 0.15) is 11.4 Å². The highest BCUT2D eigenvalue weighted by atomic mass is 32.1. The van der Waals surface area contributed by atoms with Gasteiger partial charge in [0.05, 0.1) is 12.8 Å². The quantitative estimate of drug-likeness (QED) is 0.752. The summed E-state index contributed by atoms with van der Waals surface area (Å²) in [5, 5.41) is 17.2. The molecule has 0 bridgehead atoms. The molecular weight excluding hydrogens is 310 g/mol. The Morgan fingerprint density at radius 3 is 2.61 bits per heavy atom. The molecule has 0 spiro atoms. The van der Waals surface area contributed by atoms with E-state index in [1.165, 1.54) is 6.26 Å². The van der Waals surface area contributed by atoms with Crippen LogP contribution in [-0.2, 0) is 5.60 Å². The molecule has 2 N–H and O–H groups in total. The Morgan fingerprint density at radius 1 is 1.22 bits per heavy atom. The number of thiophene rings is 1. The Balaban J connectivity index is 1.64. The molecule has 1 aromatic carbocycles. The first kappa shape index (κ1) is 15.5. The average Bonchev–Trinajstić information content (AvgIpc) is 3.26. The molecule has 2 heterocycles. The minimum Gasteiger partial charge on any atom is -0.466 e. The summed E-state index contributed by atoms with van der Waals surface area (Å²) < 4.78 is 5.19. The largest absolute Gasteiger partial charge is 0.466 e. The zero-order valence-corrected chi connectivity index (χ0v) is 13.5. The van der Waals surface area contributed by atoms with E-state index in [0.717, 1.165) is 11.1 Å². The van der Waals surface area contributed by atoms with Crippen molar-refractivity contribution in [3.63, 3.8) is 0 Å². The zero-order chi connectivity index (χ0) is 16.3. The standard InChI is InChI=1S/C18H17NO3S/c1-18(21,16-3-2-9-22-16)12-19-17(20)14-6-4-13(5-7-14)15-8-10-23-11-15/h2-11,21H,12H2,1H3,(H,19,20)/t18-/m1/s1. The molecule has 0 aliphatic heterocycles. The predicted octanol–water partition coefficient (Wildman–Crippen LogP) is 3.65. The maximum Gasteiger partial charge on any atom is 0.251 e. The van der Waals surface area contributed by atoms with Gasteiger partial charge in [-0.3, -0.25) is 4.79 Å². The van der Waals surface area contributed by atoms with Crippen LogP contribution in [0.1, 0.15) is 23.0 Å². The molecule has 1 amide bonds. The Labute approximate surface area is 138 Å². The normalized spacial score (nSPS) is 13.5. The van der Waals surface area contributed by atoms with Gasteiger partial charge >= 0.3 is 0 Å². The number of amides is 1. The van der Waals surface area contributed by atoms with Crippen LogP contribution in [-0.4, -0.2) is 17.6 Å². The molecule has 1 atom stereocenters. The second-order valence-electron chi connectivity index (χ2n) is 5.52. The van der Waals surface area contributed by atoms with Gasteiger partial charge in [-0.2, -0.15) is 11.3 Å². The van der Waals surface area contributed by atoms with E-state index in [-0.39, 0.29) is 12.5 Å². The molecule has 3 rings (SSSR count). The van der Waals surface area contributed by atoms with E-state index in [1.54, 1.807) is 42.5 Å². The third-order valence-electron chi connectivity index (χ3n) is 3.65. The van der Waals surface area contributed by atoms with Crippen molar-refractivity contribution in [1.29, 1.82) is 0 Å². The van der Waals surface area contributed by atoms with Crippen molar-refractivity contribution in [2.24, 2.45) is 0 Å². The highest BCUT2D eigenvalue weighted by molar-refractivity contribution is 7.08. The van der Waals surface area contributed by atoms with Crippen molar-refractivity contribution in [3.05, 3.63) is 70.8 Å². The molecule has 0 aliphatic rings. The number of carbonyl (C=O) groups excluding carboxylic acids is 1. The summed E-state index contributed by atoms with van der Waals surface area (Å²) in [6.07, 6.45) is 1.49. The molecule has 0 saturated carbocycles. The van der Waals surface area contributed by atoms with Gasteiger partial charge in [-0.1, -0.05) is 12.1 Å². The average molecular weight is 327 g/mol. The summed E-state index contributed by atoms with van der Waals surface area (Å²) >= 11 is 1.64. The van der Waals surface area contributed by atoms with Crippen LogP contribution in [0.25, 0.3) is 11.1 Å². The lowest BCUT2D eigenvalue weighted by Crippen LogP contribution is -2.38. The van der Waals surface area contributed by atoms with Gasteiger partial charge in [-0.25, -0.2) is 0 Å². The SMILES string of the molecule is C[C@@](O)(CNC(=O)c1ccc(-c2ccsc2)cc1)c1ccco1. The monoisotopic (exact) mass is 327 g/mol. The van der Waals surface area contributed by atoms with Gasteiger partial charge < -0.3 is 14.8 Å². The van der Waals surface area contributed by atoms with Crippen molar-refractivity contribution in [3.8, 4) is 11.1 Å². The molecule has 0 saturated heterocycles. The van der Waals surface area contributed by atoms with E-state index in [4.69, 9.17) is 4.42 Å². The summed E-state index contributed by atoms with van der Waals surface area (Å²) in [6, 6.07) is 12.8. The molecule has 0 fully saturated rings. The number of carbonyl (C=O) groups is 1. The Morgan fingerprint density at radius 2 is 2.00 bits per heavy atom. The fourth-order valence-electron chi connectivity index (χ4n) is 2.27.